The Balaban J connectivity index is 1.23. The lowest BCUT2D eigenvalue weighted by Crippen LogP contribution is -2.09. The lowest BCUT2D eigenvalue weighted by molar-refractivity contribution is 0.669. The fourth-order valence-electron chi connectivity index (χ4n) is 7.42. The number of fused-ring (bicyclic) bond motifs is 4. The summed E-state index contributed by atoms with van der Waals surface area (Å²) in [6.07, 6.45) is 1.77. The highest BCUT2D eigenvalue weighted by Crippen LogP contribution is 2.42. The third kappa shape index (κ3) is 5.35. The van der Waals surface area contributed by atoms with Crippen LogP contribution < -0.4 is 0 Å². The molecule has 3 heterocycles. The molecule has 252 valence electrons. The Morgan fingerprint density at radius 2 is 1.15 bits per heavy atom. The maximum atomic E-state index is 6.81. The summed E-state index contributed by atoms with van der Waals surface area (Å²) in [7, 11) is 0. The van der Waals surface area contributed by atoms with Gasteiger partial charge in [0, 0.05) is 10.8 Å². The van der Waals surface area contributed by atoms with E-state index in [1.165, 1.54) is 33.4 Å². The second-order valence-corrected chi connectivity index (χ2v) is 14.0. The standard InChI is InChI=1S/C46H37N5O/c1-28(2)39-24-35(31-14-9-6-10-15-31)25-40(29(3)4)43(39)51-41-27-47-50-49-45(41)48-46(51)38-17-11-16-37-36-23-22-34(26-42(36)52-44(37)38)33-20-18-32(19-21-33)30-12-7-5-8-13-30/h5-29H,1-4H3. The van der Waals surface area contributed by atoms with Crippen molar-refractivity contribution in [2.45, 2.75) is 39.5 Å². The molecule has 0 radical (unpaired) electrons. The van der Waals surface area contributed by atoms with Crippen LogP contribution in [0.3, 0.4) is 0 Å². The molecule has 3 aromatic heterocycles. The molecule has 0 atom stereocenters. The van der Waals surface area contributed by atoms with Gasteiger partial charge in [0.25, 0.3) is 0 Å². The van der Waals surface area contributed by atoms with E-state index < -0.39 is 0 Å². The average molecular weight is 676 g/mol. The average Bonchev–Trinajstić information content (AvgIpc) is 3.76. The minimum atomic E-state index is 0.228. The molecule has 6 heteroatoms. The van der Waals surface area contributed by atoms with Gasteiger partial charge in [0.2, 0.25) is 5.65 Å². The first-order chi connectivity index (χ1) is 25.4. The van der Waals surface area contributed by atoms with Gasteiger partial charge in [-0.15, -0.1) is 10.2 Å². The van der Waals surface area contributed by atoms with Gasteiger partial charge in [0.1, 0.15) is 16.7 Å². The van der Waals surface area contributed by atoms with Crippen molar-refractivity contribution in [2.75, 3.05) is 0 Å². The summed E-state index contributed by atoms with van der Waals surface area (Å²) in [5.74, 6) is 1.20. The van der Waals surface area contributed by atoms with Crippen LogP contribution in [0.4, 0.5) is 0 Å². The number of nitrogens with zero attached hydrogens (tertiary/aromatic N) is 5. The first-order valence-electron chi connectivity index (χ1n) is 17.9. The van der Waals surface area contributed by atoms with Crippen LogP contribution in [0, 0.1) is 0 Å². The largest absolute Gasteiger partial charge is 0.455 e. The molecule has 0 unspecified atom stereocenters. The molecule has 9 aromatic rings. The molecule has 0 aliphatic rings. The van der Waals surface area contributed by atoms with Crippen molar-refractivity contribution in [2.24, 2.45) is 0 Å². The molecule has 0 saturated carbocycles. The van der Waals surface area contributed by atoms with Gasteiger partial charge >= 0.3 is 0 Å². The highest BCUT2D eigenvalue weighted by Gasteiger charge is 2.26. The molecule has 0 fully saturated rings. The Hall–Kier alpha value is -6.40. The molecule has 9 rings (SSSR count). The minimum Gasteiger partial charge on any atom is -0.455 e. The summed E-state index contributed by atoms with van der Waals surface area (Å²) in [6, 6.07) is 47.2. The Bertz CT molecular complexity index is 2700. The molecule has 0 saturated heterocycles. The van der Waals surface area contributed by atoms with Gasteiger partial charge in [-0.3, -0.25) is 4.57 Å². The lowest BCUT2D eigenvalue weighted by atomic mass is 9.88. The van der Waals surface area contributed by atoms with E-state index in [-0.39, 0.29) is 11.8 Å². The number of rotatable bonds is 7. The molecule has 0 N–H and O–H groups in total. The fraction of sp³-hybridized carbons (Fsp3) is 0.130. The molecule has 0 amide bonds. The van der Waals surface area contributed by atoms with Crippen LogP contribution in [0.15, 0.2) is 144 Å². The summed E-state index contributed by atoms with van der Waals surface area (Å²) < 4.78 is 9.04. The predicted octanol–water partition coefficient (Wildman–Crippen LogP) is 12.0. The van der Waals surface area contributed by atoms with E-state index in [9.17, 15) is 0 Å². The zero-order chi connectivity index (χ0) is 35.3. The van der Waals surface area contributed by atoms with Gasteiger partial charge in [-0.05, 0) is 91.9 Å². The van der Waals surface area contributed by atoms with Crippen molar-refractivity contribution >= 4 is 33.1 Å². The van der Waals surface area contributed by atoms with Crippen LogP contribution in [-0.2, 0) is 0 Å². The van der Waals surface area contributed by atoms with Crippen LogP contribution in [-0.4, -0.2) is 25.0 Å². The van der Waals surface area contributed by atoms with E-state index in [4.69, 9.17) is 9.40 Å². The van der Waals surface area contributed by atoms with E-state index in [0.29, 0.717) is 5.65 Å². The van der Waals surface area contributed by atoms with Crippen LogP contribution in [0.25, 0.3) is 83.6 Å². The van der Waals surface area contributed by atoms with Crippen LogP contribution in [0.1, 0.15) is 50.7 Å². The second-order valence-electron chi connectivity index (χ2n) is 14.0. The normalized spacial score (nSPS) is 11.8. The van der Waals surface area contributed by atoms with Crippen molar-refractivity contribution in [3.05, 3.63) is 151 Å². The molecule has 0 spiro atoms. The van der Waals surface area contributed by atoms with Crippen molar-refractivity contribution < 1.29 is 4.42 Å². The highest BCUT2D eigenvalue weighted by atomic mass is 16.3. The third-order valence-corrected chi connectivity index (χ3v) is 10.1. The minimum absolute atomic E-state index is 0.228. The summed E-state index contributed by atoms with van der Waals surface area (Å²) in [5.41, 5.74) is 14.4. The first kappa shape index (κ1) is 31.6. The Morgan fingerprint density at radius 3 is 1.81 bits per heavy atom. The lowest BCUT2D eigenvalue weighted by Gasteiger charge is -2.24. The Labute approximate surface area is 302 Å². The van der Waals surface area contributed by atoms with E-state index in [0.717, 1.165) is 55.7 Å². The van der Waals surface area contributed by atoms with Crippen LogP contribution in [0.2, 0.25) is 0 Å². The number of imidazole rings is 1. The number of hydrogen-bond acceptors (Lipinski definition) is 5. The monoisotopic (exact) mass is 675 g/mol. The summed E-state index contributed by atoms with van der Waals surface area (Å²) >= 11 is 0. The predicted molar refractivity (Wildman–Crippen MR) is 212 cm³/mol. The maximum Gasteiger partial charge on any atom is 0.204 e. The Kier molecular flexibility index (Phi) is 7.73. The van der Waals surface area contributed by atoms with Gasteiger partial charge in [-0.1, -0.05) is 131 Å². The van der Waals surface area contributed by atoms with E-state index in [1.807, 2.05) is 6.07 Å². The van der Waals surface area contributed by atoms with Gasteiger partial charge in [0.15, 0.2) is 5.82 Å². The van der Waals surface area contributed by atoms with E-state index >= 15 is 0 Å². The quantitative estimate of drug-likeness (QED) is 0.168. The summed E-state index contributed by atoms with van der Waals surface area (Å²) in [6.45, 7) is 9.01. The van der Waals surface area contributed by atoms with Crippen molar-refractivity contribution in [1.29, 1.82) is 0 Å². The van der Waals surface area contributed by atoms with Gasteiger partial charge < -0.3 is 4.42 Å². The molecule has 6 nitrogen and oxygen atoms in total. The number of hydrogen-bond donors (Lipinski definition) is 0. The fourth-order valence-corrected chi connectivity index (χ4v) is 7.42. The first-order valence-corrected chi connectivity index (χ1v) is 17.9. The van der Waals surface area contributed by atoms with Gasteiger partial charge in [-0.25, -0.2) is 4.98 Å². The third-order valence-electron chi connectivity index (χ3n) is 10.1. The van der Waals surface area contributed by atoms with Crippen molar-refractivity contribution in [1.82, 2.24) is 25.0 Å². The van der Waals surface area contributed by atoms with Crippen molar-refractivity contribution in [3.63, 3.8) is 0 Å². The Morgan fingerprint density at radius 1 is 0.558 bits per heavy atom. The molecule has 0 aliphatic heterocycles. The zero-order valence-corrected chi connectivity index (χ0v) is 29.6. The number of furan rings is 1. The topological polar surface area (TPSA) is 69.6 Å². The number of para-hydroxylation sites is 1. The smallest absolute Gasteiger partial charge is 0.204 e. The molecule has 0 bridgehead atoms. The highest BCUT2D eigenvalue weighted by molar-refractivity contribution is 6.10. The zero-order valence-electron chi connectivity index (χ0n) is 29.6. The maximum absolute atomic E-state index is 6.81. The van der Waals surface area contributed by atoms with Gasteiger partial charge in [0.05, 0.1) is 17.4 Å². The number of benzene rings is 6. The molecule has 52 heavy (non-hydrogen) atoms. The molecular formula is C46H37N5O. The molecule has 0 aliphatic carbocycles. The van der Waals surface area contributed by atoms with E-state index in [1.54, 1.807) is 6.20 Å². The van der Waals surface area contributed by atoms with Crippen LogP contribution >= 0.6 is 0 Å². The van der Waals surface area contributed by atoms with Gasteiger partial charge in [-0.2, -0.15) is 0 Å². The van der Waals surface area contributed by atoms with E-state index in [2.05, 4.69) is 175 Å². The second kappa shape index (κ2) is 12.7. The van der Waals surface area contributed by atoms with Crippen molar-refractivity contribution in [3.8, 4) is 50.5 Å². The molecular weight excluding hydrogens is 639 g/mol. The van der Waals surface area contributed by atoms with Crippen LogP contribution in [0.5, 0.6) is 0 Å². The summed E-state index contributed by atoms with van der Waals surface area (Å²) in [5, 5.41) is 14.7. The summed E-state index contributed by atoms with van der Waals surface area (Å²) in [4.78, 5) is 5.15. The SMILES string of the molecule is CC(C)c1cc(-c2ccccc2)cc(C(C)C)c1-n1c(-c2cccc3c2oc2cc(-c4ccc(-c5ccccc5)cc4)ccc23)nc2nnncc21. The molecule has 6 aromatic carbocycles. The number of aromatic nitrogens is 5.